The summed E-state index contributed by atoms with van der Waals surface area (Å²) in [6.45, 7) is 2.32. The molecule has 0 aliphatic rings. The summed E-state index contributed by atoms with van der Waals surface area (Å²) >= 11 is 0. The van der Waals surface area contributed by atoms with E-state index in [0.29, 0.717) is 5.56 Å². The minimum Gasteiger partial charge on any atom is -0.352 e. The number of aryl methyl sites for hydroxylation is 1. The van der Waals surface area contributed by atoms with Crippen LogP contribution in [0.5, 0.6) is 0 Å². The predicted molar refractivity (Wildman–Crippen MR) is 119 cm³/mol. The quantitative estimate of drug-likeness (QED) is 0.413. The van der Waals surface area contributed by atoms with Crippen LogP contribution in [0.2, 0.25) is 0 Å². The molecule has 0 aliphatic carbocycles. The lowest BCUT2D eigenvalue weighted by Crippen LogP contribution is -2.24. The summed E-state index contributed by atoms with van der Waals surface area (Å²) in [6.07, 6.45) is -2.67. The number of aromatic nitrogens is 1. The van der Waals surface area contributed by atoms with Gasteiger partial charge >= 0.3 is 6.18 Å². The SMILES string of the molecule is Cc1cccc(-c2ccc(CNC(=O)Cc3ccc(C(F)(F)F)cc3)c3ncccc23)c1. The smallest absolute Gasteiger partial charge is 0.352 e. The average Bonchev–Trinajstić information content (AvgIpc) is 2.77. The number of hydrogen-bond donors (Lipinski definition) is 1. The largest absolute Gasteiger partial charge is 0.416 e. The van der Waals surface area contributed by atoms with Crippen LogP contribution >= 0.6 is 0 Å². The number of fused-ring (bicyclic) bond motifs is 1. The van der Waals surface area contributed by atoms with Gasteiger partial charge in [0.05, 0.1) is 17.5 Å². The molecule has 3 aromatic carbocycles. The van der Waals surface area contributed by atoms with E-state index in [2.05, 4.69) is 22.4 Å². The van der Waals surface area contributed by atoms with E-state index >= 15 is 0 Å². The molecular weight excluding hydrogens is 413 g/mol. The van der Waals surface area contributed by atoms with Gasteiger partial charge in [0.2, 0.25) is 5.91 Å². The van der Waals surface area contributed by atoms with Crippen LogP contribution in [0.4, 0.5) is 13.2 Å². The molecule has 1 N–H and O–H groups in total. The van der Waals surface area contributed by atoms with Crippen LogP contribution in [0, 0.1) is 6.92 Å². The molecule has 0 bridgehead atoms. The molecular formula is C26H21F3N2O. The van der Waals surface area contributed by atoms with Crippen molar-refractivity contribution in [3.05, 3.63) is 101 Å². The van der Waals surface area contributed by atoms with Crippen LogP contribution in [0.25, 0.3) is 22.0 Å². The van der Waals surface area contributed by atoms with Gasteiger partial charge in [0, 0.05) is 18.1 Å². The Bertz CT molecular complexity index is 1260. The van der Waals surface area contributed by atoms with Gasteiger partial charge in [0.25, 0.3) is 0 Å². The van der Waals surface area contributed by atoms with Crippen molar-refractivity contribution in [3.63, 3.8) is 0 Å². The molecule has 1 amide bonds. The van der Waals surface area contributed by atoms with Gasteiger partial charge in [-0.2, -0.15) is 13.2 Å². The summed E-state index contributed by atoms with van der Waals surface area (Å²) in [5.74, 6) is -0.267. The number of alkyl halides is 3. The lowest BCUT2D eigenvalue weighted by Gasteiger charge is -2.12. The zero-order valence-electron chi connectivity index (χ0n) is 17.4. The van der Waals surface area contributed by atoms with Gasteiger partial charge < -0.3 is 5.32 Å². The third-order valence-electron chi connectivity index (χ3n) is 5.30. The lowest BCUT2D eigenvalue weighted by molar-refractivity contribution is -0.137. The Morgan fingerprint density at radius 2 is 1.75 bits per heavy atom. The van der Waals surface area contributed by atoms with Gasteiger partial charge in [-0.05, 0) is 47.4 Å². The molecule has 162 valence electrons. The van der Waals surface area contributed by atoms with Crippen molar-refractivity contribution in [2.45, 2.75) is 26.1 Å². The number of pyridine rings is 1. The van der Waals surface area contributed by atoms with Crippen LogP contribution in [0.1, 0.15) is 22.3 Å². The number of benzene rings is 3. The number of amides is 1. The Morgan fingerprint density at radius 3 is 2.47 bits per heavy atom. The maximum atomic E-state index is 12.7. The van der Waals surface area contributed by atoms with Crippen molar-refractivity contribution in [3.8, 4) is 11.1 Å². The zero-order chi connectivity index (χ0) is 22.7. The van der Waals surface area contributed by atoms with Crippen molar-refractivity contribution in [2.75, 3.05) is 0 Å². The topological polar surface area (TPSA) is 42.0 Å². The number of nitrogens with zero attached hydrogens (tertiary/aromatic N) is 1. The highest BCUT2D eigenvalue weighted by Crippen LogP contribution is 2.31. The van der Waals surface area contributed by atoms with E-state index in [1.165, 1.54) is 17.7 Å². The monoisotopic (exact) mass is 434 g/mol. The minimum absolute atomic E-state index is 0.00484. The molecule has 6 heteroatoms. The molecule has 0 saturated heterocycles. The second-order valence-corrected chi connectivity index (χ2v) is 7.69. The Morgan fingerprint density at radius 1 is 0.969 bits per heavy atom. The molecule has 3 nitrogen and oxygen atoms in total. The van der Waals surface area contributed by atoms with Crippen molar-refractivity contribution >= 4 is 16.8 Å². The second-order valence-electron chi connectivity index (χ2n) is 7.69. The normalized spacial score (nSPS) is 11.5. The molecule has 32 heavy (non-hydrogen) atoms. The number of hydrogen-bond acceptors (Lipinski definition) is 2. The van der Waals surface area contributed by atoms with Crippen molar-refractivity contribution < 1.29 is 18.0 Å². The van der Waals surface area contributed by atoms with Crippen molar-refractivity contribution in [1.29, 1.82) is 0 Å². The molecule has 1 heterocycles. The van der Waals surface area contributed by atoms with E-state index in [1.807, 2.05) is 43.3 Å². The van der Waals surface area contributed by atoms with Crippen molar-refractivity contribution in [1.82, 2.24) is 10.3 Å². The molecule has 0 atom stereocenters. The van der Waals surface area contributed by atoms with Crippen LogP contribution in [0.3, 0.4) is 0 Å². The highest BCUT2D eigenvalue weighted by Gasteiger charge is 2.29. The number of carbonyl (C=O) groups is 1. The predicted octanol–water partition coefficient (Wildman–Crippen LogP) is 6.09. The van der Waals surface area contributed by atoms with Gasteiger partial charge in [-0.3, -0.25) is 9.78 Å². The van der Waals surface area contributed by atoms with Crippen LogP contribution in [0.15, 0.2) is 79.0 Å². The van der Waals surface area contributed by atoms with E-state index in [-0.39, 0.29) is 18.9 Å². The van der Waals surface area contributed by atoms with E-state index in [4.69, 9.17) is 0 Å². The summed E-state index contributed by atoms with van der Waals surface area (Å²) in [5, 5.41) is 3.84. The Kier molecular flexibility index (Phi) is 5.95. The fraction of sp³-hybridized carbons (Fsp3) is 0.154. The zero-order valence-corrected chi connectivity index (χ0v) is 17.4. The van der Waals surface area contributed by atoms with Crippen molar-refractivity contribution in [2.24, 2.45) is 0 Å². The average molecular weight is 434 g/mol. The molecule has 0 unspecified atom stereocenters. The van der Waals surface area contributed by atoms with Gasteiger partial charge in [-0.15, -0.1) is 0 Å². The summed E-state index contributed by atoms with van der Waals surface area (Å²) in [4.78, 5) is 16.9. The highest BCUT2D eigenvalue weighted by atomic mass is 19.4. The summed E-state index contributed by atoms with van der Waals surface area (Å²) < 4.78 is 38.1. The number of halogens is 3. The van der Waals surface area contributed by atoms with Crippen LogP contribution in [-0.2, 0) is 23.9 Å². The first-order valence-corrected chi connectivity index (χ1v) is 10.2. The first-order chi connectivity index (χ1) is 15.3. The number of rotatable bonds is 5. The van der Waals surface area contributed by atoms with E-state index in [9.17, 15) is 18.0 Å². The third-order valence-corrected chi connectivity index (χ3v) is 5.30. The van der Waals surface area contributed by atoms with E-state index in [1.54, 1.807) is 6.20 Å². The van der Waals surface area contributed by atoms with Gasteiger partial charge in [-0.1, -0.05) is 60.2 Å². The second kappa shape index (κ2) is 8.83. The first-order valence-electron chi connectivity index (χ1n) is 10.2. The minimum atomic E-state index is -4.39. The molecule has 0 fully saturated rings. The highest BCUT2D eigenvalue weighted by molar-refractivity contribution is 5.96. The fourth-order valence-electron chi connectivity index (χ4n) is 3.69. The maximum Gasteiger partial charge on any atom is 0.416 e. The van der Waals surface area contributed by atoms with Gasteiger partial charge in [-0.25, -0.2) is 0 Å². The summed E-state index contributed by atoms with van der Waals surface area (Å²) in [5.41, 5.74) is 4.80. The van der Waals surface area contributed by atoms with Gasteiger partial charge in [0.1, 0.15) is 0 Å². The molecule has 0 aliphatic heterocycles. The molecule has 4 aromatic rings. The third kappa shape index (κ3) is 4.80. The standard InChI is InChI=1S/C26H21F3N2O/c1-17-4-2-5-19(14-17)22-12-9-20(25-23(22)6-3-13-30-25)16-31-24(32)15-18-7-10-21(11-8-18)26(27,28)29/h2-14H,15-16H2,1H3,(H,31,32). The molecule has 0 saturated carbocycles. The van der Waals surface area contributed by atoms with Gasteiger partial charge in [0.15, 0.2) is 0 Å². The Labute approximate surface area is 183 Å². The fourth-order valence-corrected chi connectivity index (χ4v) is 3.69. The lowest BCUT2D eigenvalue weighted by atomic mass is 9.97. The molecule has 0 radical (unpaired) electrons. The first kappa shape index (κ1) is 21.6. The molecule has 0 spiro atoms. The molecule has 4 rings (SSSR count). The maximum absolute atomic E-state index is 12.7. The number of carbonyl (C=O) groups excluding carboxylic acids is 1. The molecule has 1 aromatic heterocycles. The van der Waals surface area contributed by atoms with E-state index in [0.717, 1.165) is 39.7 Å². The summed E-state index contributed by atoms with van der Waals surface area (Å²) in [7, 11) is 0. The van der Waals surface area contributed by atoms with Crippen LogP contribution < -0.4 is 5.32 Å². The Hall–Kier alpha value is -3.67. The number of nitrogens with one attached hydrogen (secondary N) is 1. The Balaban J connectivity index is 1.50. The van der Waals surface area contributed by atoms with E-state index < -0.39 is 11.7 Å². The van der Waals surface area contributed by atoms with Crippen LogP contribution in [-0.4, -0.2) is 10.9 Å². The summed E-state index contributed by atoms with van der Waals surface area (Å²) in [6, 6.07) is 20.7.